The smallest absolute Gasteiger partial charge is 0.260 e. The summed E-state index contributed by atoms with van der Waals surface area (Å²) in [5, 5.41) is 0.639. The summed E-state index contributed by atoms with van der Waals surface area (Å²) in [6, 6.07) is 4.28. The lowest BCUT2D eigenvalue weighted by Gasteiger charge is -2.28. The molecule has 0 unspecified atom stereocenters. The lowest BCUT2D eigenvalue weighted by molar-refractivity contribution is -0.118. The molecule has 3 heterocycles. The van der Waals surface area contributed by atoms with E-state index in [1.54, 1.807) is 22.9 Å². The topological polar surface area (TPSA) is 70.2 Å². The summed E-state index contributed by atoms with van der Waals surface area (Å²) in [4.78, 5) is 44.1. The van der Waals surface area contributed by atoms with Crippen molar-refractivity contribution < 1.29 is 23.5 Å². The lowest BCUT2D eigenvalue weighted by atomic mass is 10.0. The lowest BCUT2D eigenvalue weighted by Crippen LogP contribution is -2.38. The molecule has 7 nitrogen and oxygen atoms in total. The molecule has 9 heteroatoms. The molecule has 1 aromatic heterocycles. The maximum absolute atomic E-state index is 14.4. The van der Waals surface area contributed by atoms with Crippen molar-refractivity contribution in [3.05, 3.63) is 45.6 Å². The molecular weight excluding hydrogens is 409 g/mol. The Hall–Kier alpha value is -2.94. The van der Waals surface area contributed by atoms with Crippen LogP contribution in [-0.2, 0) is 17.8 Å². The van der Waals surface area contributed by atoms with E-state index in [9.17, 15) is 18.8 Å². The third-order valence-corrected chi connectivity index (χ3v) is 6.77. The van der Waals surface area contributed by atoms with Crippen molar-refractivity contribution in [1.29, 1.82) is 0 Å². The van der Waals surface area contributed by atoms with Crippen LogP contribution in [0, 0.1) is 5.82 Å². The fourth-order valence-corrected chi connectivity index (χ4v) is 5.43. The van der Waals surface area contributed by atoms with Crippen LogP contribution >= 0.6 is 11.3 Å². The molecule has 0 saturated heterocycles. The number of fused-ring (bicyclic) bond motifs is 3. The number of benzene rings is 1. The number of ether oxygens (including phenoxy) is 1. The zero-order valence-corrected chi connectivity index (χ0v) is 17.8. The average Bonchev–Trinajstić information content (AvgIpc) is 3.07. The number of carbonyl (C=O) groups excluding carboxylic acids is 3. The summed E-state index contributed by atoms with van der Waals surface area (Å²) in [5.74, 6) is -1.21. The van der Waals surface area contributed by atoms with Crippen molar-refractivity contribution in [2.75, 3.05) is 38.7 Å². The SMILES string of the molecule is CCN1C(=O)CN(C)C(=O)c2c1sc1c2CCN(C(=O)c2c(F)cccc2OC)C1. The van der Waals surface area contributed by atoms with Crippen LogP contribution in [0.3, 0.4) is 0 Å². The summed E-state index contributed by atoms with van der Waals surface area (Å²) >= 11 is 1.36. The van der Waals surface area contributed by atoms with Crippen LogP contribution in [0.5, 0.6) is 5.75 Å². The van der Waals surface area contributed by atoms with Crippen molar-refractivity contribution >= 4 is 34.1 Å². The summed E-state index contributed by atoms with van der Waals surface area (Å²) < 4.78 is 19.6. The number of hydrogen-bond acceptors (Lipinski definition) is 5. The third-order valence-electron chi connectivity index (χ3n) is 5.53. The van der Waals surface area contributed by atoms with Crippen LogP contribution in [0.4, 0.5) is 9.39 Å². The molecule has 0 fully saturated rings. The zero-order chi connectivity index (χ0) is 21.6. The number of rotatable bonds is 3. The number of amides is 3. The van der Waals surface area contributed by atoms with Gasteiger partial charge in [0.15, 0.2) is 0 Å². The van der Waals surface area contributed by atoms with Gasteiger partial charge in [-0.3, -0.25) is 14.4 Å². The van der Waals surface area contributed by atoms with Gasteiger partial charge in [0, 0.05) is 25.0 Å². The first-order valence-corrected chi connectivity index (χ1v) is 10.5. The van der Waals surface area contributed by atoms with Crippen LogP contribution in [0.25, 0.3) is 0 Å². The Morgan fingerprint density at radius 1 is 1.27 bits per heavy atom. The number of anilines is 1. The Morgan fingerprint density at radius 3 is 2.73 bits per heavy atom. The first kappa shape index (κ1) is 20.3. The van der Waals surface area contributed by atoms with Gasteiger partial charge in [-0.2, -0.15) is 0 Å². The Morgan fingerprint density at radius 2 is 2.03 bits per heavy atom. The highest BCUT2D eigenvalue weighted by Crippen LogP contribution is 2.41. The number of thiophene rings is 1. The number of methoxy groups -OCH3 is 1. The van der Waals surface area contributed by atoms with Gasteiger partial charge in [-0.1, -0.05) is 6.07 Å². The molecule has 0 bridgehead atoms. The second-order valence-corrected chi connectivity index (χ2v) is 8.36. The monoisotopic (exact) mass is 431 g/mol. The second kappa shape index (κ2) is 7.71. The Bertz CT molecular complexity index is 1050. The van der Waals surface area contributed by atoms with Crippen LogP contribution in [0.2, 0.25) is 0 Å². The van der Waals surface area contributed by atoms with E-state index in [0.717, 1.165) is 10.4 Å². The minimum absolute atomic E-state index is 0.0422. The van der Waals surface area contributed by atoms with E-state index in [0.29, 0.717) is 30.1 Å². The fraction of sp³-hybridized carbons (Fsp3) is 0.381. The normalized spacial score (nSPS) is 16.3. The summed E-state index contributed by atoms with van der Waals surface area (Å²) in [6.07, 6.45) is 0.467. The molecule has 0 aliphatic carbocycles. The van der Waals surface area contributed by atoms with E-state index >= 15 is 0 Å². The van der Waals surface area contributed by atoms with Crippen molar-refractivity contribution in [3.63, 3.8) is 0 Å². The molecule has 2 aliphatic rings. The highest BCUT2D eigenvalue weighted by atomic mass is 32.1. The van der Waals surface area contributed by atoms with Crippen molar-refractivity contribution in [2.24, 2.45) is 0 Å². The van der Waals surface area contributed by atoms with Crippen molar-refractivity contribution in [2.45, 2.75) is 19.9 Å². The van der Waals surface area contributed by atoms with E-state index in [1.165, 1.54) is 35.5 Å². The van der Waals surface area contributed by atoms with Gasteiger partial charge in [0.1, 0.15) is 28.7 Å². The summed E-state index contributed by atoms with van der Waals surface area (Å²) in [7, 11) is 3.02. The van der Waals surface area contributed by atoms with E-state index in [1.807, 2.05) is 6.92 Å². The Labute approximate surface area is 177 Å². The van der Waals surface area contributed by atoms with E-state index < -0.39 is 11.7 Å². The predicted octanol–water partition coefficient (Wildman–Crippen LogP) is 2.53. The minimum atomic E-state index is -0.633. The molecule has 4 rings (SSSR count). The van der Waals surface area contributed by atoms with Gasteiger partial charge in [0.2, 0.25) is 5.91 Å². The molecule has 0 saturated carbocycles. The quantitative estimate of drug-likeness (QED) is 0.749. The van der Waals surface area contributed by atoms with Gasteiger partial charge >= 0.3 is 0 Å². The van der Waals surface area contributed by atoms with Gasteiger partial charge in [-0.05, 0) is 31.0 Å². The molecule has 2 aromatic rings. The van der Waals surface area contributed by atoms with Gasteiger partial charge < -0.3 is 19.4 Å². The molecule has 0 N–H and O–H groups in total. The van der Waals surface area contributed by atoms with Crippen LogP contribution in [0.1, 0.15) is 38.1 Å². The highest BCUT2D eigenvalue weighted by Gasteiger charge is 2.37. The highest BCUT2D eigenvalue weighted by molar-refractivity contribution is 7.17. The fourth-order valence-electron chi connectivity index (χ4n) is 4.00. The molecular formula is C21H22FN3O4S. The van der Waals surface area contributed by atoms with Crippen LogP contribution in [-0.4, -0.2) is 61.3 Å². The summed E-state index contributed by atoms with van der Waals surface area (Å²) in [5.41, 5.74) is 1.34. The van der Waals surface area contributed by atoms with Gasteiger partial charge in [0.05, 0.1) is 19.2 Å². The van der Waals surface area contributed by atoms with Gasteiger partial charge in [0.25, 0.3) is 11.8 Å². The second-order valence-electron chi connectivity index (χ2n) is 7.28. The van der Waals surface area contributed by atoms with Crippen molar-refractivity contribution in [3.8, 4) is 5.75 Å². The van der Waals surface area contributed by atoms with Gasteiger partial charge in [-0.25, -0.2) is 4.39 Å². The minimum Gasteiger partial charge on any atom is -0.496 e. The first-order chi connectivity index (χ1) is 14.4. The van der Waals surface area contributed by atoms with Crippen LogP contribution < -0.4 is 9.64 Å². The zero-order valence-electron chi connectivity index (χ0n) is 17.0. The maximum atomic E-state index is 14.4. The molecule has 0 spiro atoms. The number of nitrogens with zero attached hydrogens (tertiary/aromatic N) is 3. The molecule has 2 aliphatic heterocycles. The first-order valence-electron chi connectivity index (χ1n) is 9.69. The molecule has 0 atom stereocenters. The maximum Gasteiger partial charge on any atom is 0.260 e. The number of halogens is 1. The number of carbonyl (C=O) groups is 3. The molecule has 1 aromatic carbocycles. The largest absolute Gasteiger partial charge is 0.496 e. The average molecular weight is 431 g/mol. The summed E-state index contributed by atoms with van der Waals surface area (Å²) in [6.45, 7) is 2.98. The standard InChI is InChI=1S/C21H22FN3O4S/c1-4-25-16(26)11-23(2)19(27)17-12-8-9-24(10-15(12)30-21(17)25)20(28)18-13(22)6-5-7-14(18)29-3/h5-7H,4,8-11H2,1-3H3. The molecule has 30 heavy (non-hydrogen) atoms. The van der Waals surface area contributed by atoms with E-state index in [2.05, 4.69) is 0 Å². The Balaban J connectivity index is 1.71. The Kier molecular flexibility index (Phi) is 5.23. The third kappa shape index (κ3) is 3.13. The van der Waals surface area contributed by atoms with Crippen molar-refractivity contribution in [1.82, 2.24) is 9.80 Å². The van der Waals surface area contributed by atoms with Crippen LogP contribution in [0.15, 0.2) is 18.2 Å². The van der Waals surface area contributed by atoms with Gasteiger partial charge in [-0.15, -0.1) is 11.3 Å². The molecule has 3 amide bonds. The predicted molar refractivity (Wildman–Crippen MR) is 111 cm³/mol. The number of hydrogen-bond donors (Lipinski definition) is 0. The molecule has 0 radical (unpaired) electrons. The van der Waals surface area contributed by atoms with E-state index in [4.69, 9.17) is 4.74 Å². The number of likely N-dealkylation sites (N-methyl/N-ethyl adjacent to an activating group) is 2. The van der Waals surface area contributed by atoms with E-state index in [-0.39, 0.29) is 36.2 Å². The molecule has 158 valence electrons.